The predicted octanol–water partition coefficient (Wildman–Crippen LogP) is 6.18. The van der Waals surface area contributed by atoms with E-state index in [4.69, 9.17) is 19.4 Å². The summed E-state index contributed by atoms with van der Waals surface area (Å²) in [6, 6.07) is 23.6. The van der Waals surface area contributed by atoms with Crippen molar-refractivity contribution < 1.29 is 9.47 Å². The molecule has 0 saturated carbocycles. The number of nitrogens with zero attached hydrogens (tertiary/aromatic N) is 2. The van der Waals surface area contributed by atoms with Crippen LogP contribution in [0.4, 0.5) is 0 Å². The fraction of sp³-hybridized carbons (Fsp3) is 0.167. The van der Waals surface area contributed by atoms with Gasteiger partial charge >= 0.3 is 0 Å². The van der Waals surface area contributed by atoms with Crippen LogP contribution in [0.1, 0.15) is 19.4 Å². The van der Waals surface area contributed by atoms with E-state index in [-0.39, 0.29) is 6.10 Å². The fourth-order valence-electron chi connectivity index (χ4n) is 2.93. The van der Waals surface area contributed by atoms with Crippen LogP contribution in [0.5, 0.6) is 17.4 Å². The third-order valence-corrected chi connectivity index (χ3v) is 4.29. The molecule has 4 heteroatoms. The molecule has 3 aromatic carbocycles. The Morgan fingerprint density at radius 1 is 0.750 bits per heavy atom. The number of benzene rings is 3. The Morgan fingerprint density at radius 3 is 2.14 bits per heavy atom. The van der Waals surface area contributed by atoms with Crippen molar-refractivity contribution >= 4 is 10.9 Å². The van der Waals surface area contributed by atoms with Gasteiger partial charge in [-0.05, 0) is 69.3 Å². The van der Waals surface area contributed by atoms with Crippen molar-refractivity contribution in [3.63, 3.8) is 0 Å². The van der Waals surface area contributed by atoms with Crippen molar-refractivity contribution in [1.29, 1.82) is 0 Å². The monoisotopic (exact) mass is 370 g/mol. The zero-order chi connectivity index (χ0) is 19.5. The van der Waals surface area contributed by atoms with Crippen molar-refractivity contribution in [2.45, 2.75) is 26.9 Å². The van der Waals surface area contributed by atoms with E-state index in [0.717, 1.165) is 28.0 Å². The molecule has 0 fully saturated rings. The molecule has 0 aliphatic heterocycles. The maximum absolute atomic E-state index is 6.11. The Hall–Kier alpha value is -3.40. The Morgan fingerprint density at radius 2 is 1.43 bits per heavy atom. The zero-order valence-corrected chi connectivity index (χ0v) is 16.2. The number of aromatic nitrogens is 2. The summed E-state index contributed by atoms with van der Waals surface area (Å²) in [6.45, 7) is 6.07. The van der Waals surface area contributed by atoms with Gasteiger partial charge in [-0.2, -0.15) is 4.98 Å². The molecule has 0 aliphatic rings. The molecule has 0 bridgehead atoms. The molecular formula is C24H22N2O2. The number of hydrogen-bond acceptors (Lipinski definition) is 4. The first-order valence-corrected chi connectivity index (χ1v) is 9.37. The molecule has 140 valence electrons. The van der Waals surface area contributed by atoms with Gasteiger partial charge in [0.05, 0.1) is 17.0 Å². The van der Waals surface area contributed by atoms with Crippen LogP contribution in [-0.4, -0.2) is 16.1 Å². The number of aryl methyl sites for hydroxylation is 1. The van der Waals surface area contributed by atoms with Crippen molar-refractivity contribution in [1.82, 2.24) is 9.97 Å². The van der Waals surface area contributed by atoms with Gasteiger partial charge in [0.15, 0.2) is 5.82 Å². The summed E-state index contributed by atoms with van der Waals surface area (Å²) in [6.07, 6.45) is 0.136. The van der Waals surface area contributed by atoms with Crippen LogP contribution in [-0.2, 0) is 0 Å². The minimum absolute atomic E-state index is 0.136. The third kappa shape index (κ3) is 3.96. The molecule has 0 N–H and O–H groups in total. The molecule has 0 amide bonds. The second kappa shape index (κ2) is 7.69. The fourth-order valence-corrected chi connectivity index (χ4v) is 2.93. The summed E-state index contributed by atoms with van der Waals surface area (Å²) in [7, 11) is 0. The van der Waals surface area contributed by atoms with Gasteiger partial charge in [-0.25, -0.2) is 4.98 Å². The van der Waals surface area contributed by atoms with Crippen LogP contribution >= 0.6 is 0 Å². The summed E-state index contributed by atoms with van der Waals surface area (Å²) >= 11 is 0. The molecule has 0 spiro atoms. The Labute approximate surface area is 164 Å². The minimum atomic E-state index is 0.136. The normalized spacial score (nSPS) is 11.0. The topological polar surface area (TPSA) is 44.2 Å². The average Bonchev–Trinajstić information content (AvgIpc) is 2.70. The summed E-state index contributed by atoms with van der Waals surface area (Å²) in [5, 5.41) is 0.881. The van der Waals surface area contributed by atoms with E-state index < -0.39 is 0 Å². The van der Waals surface area contributed by atoms with E-state index in [1.807, 2.05) is 86.6 Å². The smallest absolute Gasteiger partial charge is 0.230 e. The van der Waals surface area contributed by atoms with Crippen LogP contribution in [0.15, 0.2) is 72.8 Å². The number of hydrogen-bond donors (Lipinski definition) is 0. The van der Waals surface area contributed by atoms with Crippen LogP contribution in [0, 0.1) is 6.92 Å². The van der Waals surface area contributed by atoms with E-state index in [1.54, 1.807) is 0 Å². The molecule has 4 rings (SSSR count). The molecular weight excluding hydrogens is 348 g/mol. The van der Waals surface area contributed by atoms with Gasteiger partial charge in [0.1, 0.15) is 11.5 Å². The van der Waals surface area contributed by atoms with E-state index in [9.17, 15) is 0 Å². The van der Waals surface area contributed by atoms with E-state index in [0.29, 0.717) is 11.7 Å². The Balaban J connectivity index is 1.74. The Kier molecular flexibility index (Phi) is 4.94. The van der Waals surface area contributed by atoms with E-state index >= 15 is 0 Å². The summed E-state index contributed by atoms with van der Waals surface area (Å²) in [5.74, 6) is 2.75. The number of ether oxygens (including phenoxy) is 2. The zero-order valence-electron chi connectivity index (χ0n) is 16.2. The van der Waals surface area contributed by atoms with Gasteiger partial charge in [-0.15, -0.1) is 0 Å². The lowest BCUT2D eigenvalue weighted by Gasteiger charge is -2.12. The van der Waals surface area contributed by atoms with Crippen molar-refractivity contribution in [3.05, 3.63) is 78.4 Å². The quantitative estimate of drug-likeness (QED) is 0.420. The van der Waals surface area contributed by atoms with Crippen LogP contribution in [0.2, 0.25) is 0 Å². The highest BCUT2D eigenvalue weighted by atomic mass is 16.5. The molecule has 1 heterocycles. The lowest BCUT2D eigenvalue weighted by molar-refractivity contribution is 0.242. The first-order valence-electron chi connectivity index (χ1n) is 9.37. The van der Waals surface area contributed by atoms with Crippen LogP contribution in [0.25, 0.3) is 22.3 Å². The Bertz CT molecular complexity index is 1090. The highest BCUT2D eigenvalue weighted by Gasteiger charge is 2.12. The molecule has 0 saturated heterocycles. The average molecular weight is 370 g/mol. The molecule has 4 nitrogen and oxygen atoms in total. The highest BCUT2D eigenvalue weighted by Crippen LogP contribution is 2.30. The van der Waals surface area contributed by atoms with Crippen LogP contribution in [0.3, 0.4) is 0 Å². The largest absolute Gasteiger partial charge is 0.491 e. The van der Waals surface area contributed by atoms with E-state index in [1.165, 1.54) is 5.56 Å². The lowest BCUT2D eigenvalue weighted by Crippen LogP contribution is -2.05. The number of para-hydroxylation sites is 1. The second-order valence-corrected chi connectivity index (χ2v) is 6.98. The van der Waals surface area contributed by atoms with Crippen LogP contribution < -0.4 is 9.47 Å². The summed E-state index contributed by atoms with van der Waals surface area (Å²) < 4.78 is 11.8. The minimum Gasteiger partial charge on any atom is -0.491 e. The standard InChI is InChI=1S/C24H22N2O2/c1-16(2)27-19-14-10-18(11-15-19)23-25-22-7-5-4-6-21(22)24(26-23)28-20-12-8-17(3)9-13-20/h4-16H,1-3H3. The molecule has 1 aromatic heterocycles. The van der Waals surface area contributed by atoms with Gasteiger partial charge in [0, 0.05) is 5.56 Å². The molecule has 0 unspecified atom stereocenters. The summed E-state index contributed by atoms with van der Waals surface area (Å²) in [5.41, 5.74) is 2.94. The molecule has 0 radical (unpaired) electrons. The first-order chi connectivity index (χ1) is 13.6. The molecule has 28 heavy (non-hydrogen) atoms. The predicted molar refractivity (Wildman–Crippen MR) is 112 cm³/mol. The summed E-state index contributed by atoms with van der Waals surface area (Å²) in [4.78, 5) is 9.43. The maximum Gasteiger partial charge on any atom is 0.230 e. The third-order valence-electron chi connectivity index (χ3n) is 4.29. The highest BCUT2D eigenvalue weighted by molar-refractivity contribution is 5.85. The van der Waals surface area contributed by atoms with Crippen molar-refractivity contribution in [2.24, 2.45) is 0 Å². The number of fused-ring (bicyclic) bond motifs is 1. The van der Waals surface area contributed by atoms with Gasteiger partial charge in [-0.1, -0.05) is 29.8 Å². The SMILES string of the molecule is Cc1ccc(Oc2nc(-c3ccc(OC(C)C)cc3)nc3ccccc23)cc1. The van der Waals surface area contributed by atoms with E-state index in [2.05, 4.69) is 6.92 Å². The molecule has 4 aromatic rings. The molecule has 0 aliphatic carbocycles. The second-order valence-electron chi connectivity index (χ2n) is 6.98. The maximum atomic E-state index is 6.11. The van der Waals surface area contributed by atoms with Gasteiger partial charge in [0.2, 0.25) is 5.88 Å². The van der Waals surface area contributed by atoms with Crippen molar-refractivity contribution in [3.8, 4) is 28.8 Å². The molecule has 0 atom stereocenters. The number of rotatable bonds is 5. The van der Waals surface area contributed by atoms with Gasteiger partial charge in [0.25, 0.3) is 0 Å². The van der Waals surface area contributed by atoms with Crippen molar-refractivity contribution in [2.75, 3.05) is 0 Å². The van der Waals surface area contributed by atoms with Gasteiger partial charge < -0.3 is 9.47 Å². The lowest BCUT2D eigenvalue weighted by atomic mass is 10.2. The van der Waals surface area contributed by atoms with Gasteiger partial charge in [-0.3, -0.25) is 0 Å². The first kappa shape index (κ1) is 18.0.